The van der Waals surface area contributed by atoms with Gasteiger partial charge in [-0.1, -0.05) is 0 Å². The van der Waals surface area contributed by atoms with Crippen molar-refractivity contribution in [2.24, 2.45) is 7.05 Å². The highest BCUT2D eigenvalue weighted by Gasteiger charge is 2.50. The number of hydrogen-bond donors (Lipinski definition) is 1. The van der Waals surface area contributed by atoms with Crippen LogP contribution in [0.1, 0.15) is 51.0 Å². The summed E-state index contributed by atoms with van der Waals surface area (Å²) in [7, 11) is 3.61. The number of carbonyl (C=O) groups is 2. The summed E-state index contributed by atoms with van der Waals surface area (Å²) in [6.45, 7) is 1.26. The number of aliphatic hydroxyl groups is 1. The van der Waals surface area contributed by atoms with E-state index in [1.807, 2.05) is 24.1 Å². The van der Waals surface area contributed by atoms with Gasteiger partial charge >= 0.3 is 0 Å². The first kappa shape index (κ1) is 25.0. The highest BCUT2D eigenvalue weighted by atomic mass is 16.5. The van der Waals surface area contributed by atoms with Crippen LogP contribution in [0.2, 0.25) is 0 Å². The van der Waals surface area contributed by atoms with Crippen LogP contribution in [0.15, 0.2) is 61.3 Å². The van der Waals surface area contributed by atoms with Gasteiger partial charge in [-0.15, -0.1) is 0 Å². The monoisotopic (exact) mass is 526 g/mol. The molecule has 1 saturated heterocycles. The van der Waals surface area contributed by atoms with Crippen molar-refractivity contribution >= 4 is 22.7 Å². The molecule has 2 aliphatic heterocycles. The van der Waals surface area contributed by atoms with Crippen LogP contribution in [-0.2, 0) is 12.5 Å². The Bertz CT molecular complexity index is 1530. The van der Waals surface area contributed by atoms with Gasteiger partial charge in [-0.25, -0.2) is 4.98 Å². The molecule has 0 unspecified atom stereocenters. The topological polar surface area (TPSA) is 114 Å². The number of hydrogen-bond acceptors (Lipinski definition) is 7. The smallest absolute Gasteiger partial charge is 0.274 e. The largest absolute Gasteiger partial charge is 0.497 e. The standard InChI is InChI=1S/C29H30N6O4/c1-33-23-15-20(39-2)3-4-21(23)25-26(33)24(17-36)35(28(38)22-16-31-11-12-32-22)18-29(25)7-13-34(14-8-29)27(37)19-5-9-30-10-6-19/h3-6,9-12,15-16,24,36H,7-8,13-14,17-18H2,1-2H3/t24-/m1/s1. The van der Waals surface area contributed by atoms with Crippen LogP contribution in [0.3, 0.4) is 0 Å². The Morgan fingerprint density at radius 1 is 1.05 bits per heavy atom. The minimum Gasteiger partial charge on any atom is -0.497 e. The second-order valence-electron chi connectivity index (χ2n) is 10.2. The van der Waals surface area contributed by atoms with E-state index in [4.69, 9.17) is 4.74 Å². The number of amides is 2. The summed E-state index contributed by atoms with van der Waals surface area (Å²) in [6, 6.07) is 8.92. The van der Waals surface area contributed by atoms with E-state index < -0.39 is 11.5 Å². The third kappa shape index (κ3) is 4.02. The summed E-state index contributed by atoms with van der Waals surface area (Å²) in [5.41, 5.74) is 3.45. The molecule has 200 valence electrons. The zero-order valence-electron chi connectivity index (χ0n) is 21.9. The number of aromatic nitrogens is 4. The lowest BCUT2D eigenvalue weighted by Crippen LogP contribution is -2.56. The highest BCUT2D eigenvalue weighted by Crippen LogP contribution is 2.50. The lowest BCUT2D eigenvalue weighted by Gasteiger charge is -2.50. The van der Waals surface area contributed by atoms with Crippen LogP contribution in [0.4, 0.5) is 0 Å². The lowest BCUT2D eigenvalue weighted by molar-refractivity contribution is 0.0313. The predicted octanol–water partition coefficient (Wildman–Crippen LogP) is 2.74. The van der Waals surface area contributed by atoms with E-state index in [2.05, 4.69) is 25.6 Å². The van der Waals surface area contributed by atoms with Gasteiger partial charge in [0.25, 0.3) is 11.8 Å². The number of rotatable bonds is 4. The molecule has 1 N–H and O–H groups in total. The number of pyridine rings is 1. The Balaban J connectivity index is 1.45. The molecule has 5 heterocycles. The summed E-state index contributed by atoms with van der Waals surface area (Å²) in [6.07, 6.45) is 9.08. The van der Waals surface area contributed by atoms with Crippen molar-refractivity contribution in [1.82, 2.24) is 29.3 Å². The van der Waals surface area contributed by atoms with Crippen LogP contribution in [-0.4, -0.2) is 79.6 Å². The molecule has 2 aliphatic rings. The molecule has 0 bridgehead atoms. The molecule has 0 saturated carbocycles. The van der Waals surface area contributed by atoms with Crippen molar-refractivity contribution < 1.29 is 19.4 Å². The number of ether oxygens (including phenoxy) is 1. The van der Waals surface area contributed by atoms with Gasteiger partial charge < -0.3 is 24.2 Å². The second kappa shape index (κ2) is 9.77. The van der Waals surface area contributed by atoms with Crippen LogP contribution >= 0.6 is 0 Å². The minimum atomic E-state index is -0.556. The van der Waals surface area contributed by atoms with Gasteiger partial charge in [0, 0.05) is 79.6 Å². The van der Waals surface area contributed by atoms with E-state index in [1.54, 1.807) is 36.5 Å². The van der Waals surface area contributed by atoms with Gasteiger partial charge in [0.15, 0.2) is 0 Å². The van der Waals surface area contributed by atoms with E-state index >= 15 is 0 Å². The van der Waals surface area contributed by atoms with Gasteiger partial charge in [-0.2, -0.15) is 0 Å². The average Bonchev–Trinajstić information content (AvgIpc) is 3.30. The van der Waals surface area contributed by atoms with Crippen molar-refractivity contribution in [3.05, 3.63) is 83.8 Å². The van der Waals surface area contributed by atoms with Gasteiger partial charge in [-0.05, 0) is 42.7 Å². The molecule has 1 spiro atoms. The quantitative estimate of drug-likeness (QED) is 0.435. The molecule has 0 radical (unpaired) electrons. The van der Waals surface area contributed by atoms with E-state index in [9.17, 15) is 14.7 Å². The molecule has 3 aromatic heterocycles. The summed E-state index contributed by atoms with van der Waals surface area (Å²) >= 11 is 0. The Labute approximate surface area is 225 Å². The van der Waals surface area contributed by atoms with Crippen molar-refractivity contribution in [2.45, 2.75) is 24.3 Å². The number of methoxy groups -OCH3 is 1. The third-order valence-electron chi connectivity index (χ3n) is 8.30. The van der Waals surface area contributed by atoms with Gasteiger partial charge in [0.1, 0.15) is 11.4 Å². The van der Waals surface area contributed by atoms with E-state index in [1.165, 1.54) is 18.6 Å². The Hall–Kier alpha value is -4.31. The molecule has 10 heteroatoms. The number of aryl methyl sites for hydroxylation is 1. The number of likely N-dealkylation sites (tertiary alicyclic amines) is 1. The van der Waals surface area contributed by atoms with Crippen molar-refractivity contribution in [2.75, 3.05) is 33.4 Å². The molecular weight excluding hydrogens is 496 g/mol. The van der Waals surface area contributed by atoms with Crippen LogP contribution < -0.4 is 4.74 Å². The average molecular weight is 527 g/mol. The fraction of sp³-hybridized carbons (Fsp3) is 0.345. The summed E-state index contributed by atoms with van der Waals surface area (Å²) in [4.78, 5) is 43.0. The molecule has 6 rings (SSSR count). The summed E-state index contributed by atoms with van der Waals surface area (Å²) in [5.74, 6) is 0.442. The Morgan fingerprint density at radius 3 is 2.49 bits per heavy atom. The molecule has 2 amide bonds. The SMILES string of the molecule is COc1ccc2c3c(n(C)c2c1)[C@@H](CO)N(C(=O)c1cnccn1)CC31CCN(C(=O)c2ccncc2)CC1. The van der Waals surface area contributed by atoms with Gasteiger partial charge in [-0.3, -0.25) is 19.6 Å². The molecule has 1 atom stereocenters. The Morgan fingerprint density at radius 2 is 1.82 bits per heavy atom. The summed E-state index contributed by atoms with van der Waals surface area (Å²) in [5, 5.41) is 11.7. The molecule has 1 aromatic carbocycles. The molecule has 39 heavy (non-hydrogen) atoms. The molecule has 4 aromatic rings. The Kier molecular flexibility index (Phi) is 6.26. The first-order valence-corrected chi connectivity index (χ1v) is 13.0. The predicted molar refractivity (Wildman–Crippen MR) is 143 cm³/mol. The zero-order chi connectivity index (χ0) is 27.1. The molecule has 0 aliphatic carbocycles. The number of aliphatic hydroxyl groups excluding tert-OH is 1. The van der Waals surface area contributed by atoms with E-state index in [0.29, 0.717) is 38.0 Å². The van der Waals surface area contributed by atoms with E-state index in [0.717, 1.165) is 27.9 Å². The number of fused-ring (bicyclic) bond motifs is 4. The van der Waals surface area contributed by atoms with Gasteiger partial charge in [0.05, 0.1) is 31.5 Å². The van der Waals surface area contributed by atoms with Crippen molar-refractivity contribution in [1.29, 1.82) is 0 Å². The first-order chi connectivity index (χ1) is 19.0. The lowest BCUT2D eigenvalue weighted by atomic mass is 9.68. The van der Waals surface area contributed by atoms with E-state index in [-0.39, 0.29) is 24.1 Å². The minimum absolute atomic E-state index is 0.0216. The highest BCUT2D eigenvalue weighted by molar-refractivity contribution is 5.95. The van der Waals surface area contributed by atoms with Crippen LogP contribution in [0.25, 0.3) is 10.9 Å². The fourth-order valence-electron chi connectivity index (χ4n) is 6.35. The van der Waals surface area contributed by atoms with Gasteiger partial charge in [0.2, 0.25) is 0 Å². The number of piperidine rings is 1. The maximum atomic E-state index is 13.8. The molecule has 10 nitrogen and oxygen atoms in total. The summed E-state index contributed by atoms with van der Waals surface area (Å²) < 4.78 is 7.58. The first-order valence-electron chi connectivity index (χ1n) is 13.0. The fourth-order valence-corrected chi connectivity index (χ4v) is 6.35. The van der Waals surface area contributed by atoms with Crippen LogP contribution in [0.5, 0.6) is 5.75 Å². The van der Waals surface area contributed by atoms with Crippen LogP contribution in [0, 0.1) is 0 Å². The number of nitrogens with zero attached hydrogens (tertiary/aromatic N) is 6. The maximum absolute atomic E-state index is 13.8. The second-order valence-corrected chi connectivity index (χ2v) is 10.2. The van der Waals surface area contributed by atoms with Crippen molar-refractivity contribution in [3.63, 3.8) is 0 Å². The third-order valence-corrected chi connectivity index (χ3v) is 8.30. The normalized spacial score (nSPS) is 18.3. The number of benzene rings is 1. The zero-order valence-corrected chi connectivity index (χ0v) is 21.9. The van der Waals surface area contributed by atoms with Crippen molar-refractivity contribution in [3.8, 4) is 5.75 Å². The molecule has 1 fully saturated rings. The molecular formula is C29H30N6O4. The number of carbonyl (C=O) groups excluding carboxylic acids is 2. The maximum Gasteiger partial charge on any atom is 0.274 e.